The summed E-state index contributed by atoms with van der Waals surface area (Å²) in [6.45, 7) is 2.64. The number of amides is 1. The van der Waals surface area contributed by atoms with Crippen LogP contribution in [0.2, 0.25) is 0 Å². The molecule has 0 saturated carbocycles. The van der Waals surface area contributed by atoms with Crippen molar-refractivity contribution in [2.24, 2.45) is 10.2 Å². The van der Waals surface area contributed by atoms with Crippen LogP contribution in [0.15, 0.2) is 76.9 Å². The van der Waals surface area contributed by atoms with Crippen LogP contribution in [0.3, 0.4) is 0 Å². The lowest BCUT2D eigenvalue weighted by atomic mass is 10.0. The quantitative estimate of drug-likeness (QED) is 0.322. The molecule has 0 bridgehead atoms. The molecule has 1 aliphatic heterocycles. The van der Waals surface area contributed by atoms with Gasteiger partial charge < -0.3 is 4.74 Å². The summed E-state index contributed by atoms with van der Waals surface area (Å²) in [5.74, 6) is 0.917. The third kappa shape index (κ3) is 5.02. The van der Waals surface area contributed by atoms with E-state index < -0.39 is 0 Å². The number of benzene rings is 3. The minimum atomic E-state index is -0.0973. The largest absolute Gasteiger partial charge is 0.497 e. The van der Waals surface area contributed by atoms with Crippen LogP contribution in [0.25, 0.3) is 10.8 Å². The van der Waals surface area contributed by atoms with Gasteiger partial charge in [-0.25, -0.2) is 0 Å². The number of hydrogen-bond donors (Lipinski definition) is 0. The Morgan fingerprint density at radius 3 is 2.62 bits per heavy atom. The Morgan fingerprint density at radius 2 is 1.84 bits per heavy atom. The number of methoxy groups -OCH3 is 1. The molecule has 0 radical (unpaired) electrons. The number of hydrogen-bond acceptors (Lipinski definition) is 5. The van der Waals surface area contributed by atoms with Gasteiger partial charge in [-0.1, -0.05) is 74.0 Å². The van der Waals surface area contributed by atoms with Crippen molar-refractivity contribution in [3.05, 3.63) is 77.9 Å². The van der Waals surface area contributed by atoms with Gasteiger partial charge in [0, 0.05) is 0 Å². The van der Waals surface area contributed by atoms with Crippen molar-refractivity contribution in [1.29, 1.82) is 0 Å². The Balaban J connectivity index is 1.59. The maximum atomic E-state index is 13.2. The summed E-state index contributed by atoms with van der Waals surface area (Å²) in [5, 5.41) is 11.6. The fourth-order valence-electron chi connectivity index (χ4n) is 3.74. The number of amidine groups is 1. The molecule has 0 aromatic heterocycles. The highest BCUT2D eigenvalue weighted by Gasteiger charge is 2.37. The van der Waals surface area contributed by atoms with Crippen LogP contribution in [0.5, 0.6) is 5.75 Å². The van der Waals surface area contributed by atoms with Crippen molar-refractivity contribution in [3.63, 3.8) is 0 Å². The van der Waals surface area contributed by atoms with Gasteiger partial charge in [-0.05, 0) is 52.6 Å². The second-order valence-electron chi connectivity index (χ2n) is 7.71. The van der Waals surface area contributed by atoms with E-state index in [2.05, 4.69) is 41.4 Å². The minimum absolute atomic E-state index is 0.0973. The van der Waals surface area contributed by atoms with E-state index >= 15 is 0 Å². The molecule has 32 heavy (non-hydrogen) atoms. The van der Waals surface area contributed by atoms with Gasteiger partial charge in [0.25, 0.3) is 0 Å². The van der Waals surface area contributed by atoms with Crippen molar-refractivity contribution in [2.45, 2.75) is 38.0 Å². The highest BCUT2D eigenvalue weighted by atomic mass is 32.2. The topological polar surface area (TPSA) is 54.3 Å². The zero-order valence-electron chi connectivity index (χ0n) is 18.4. The summed E-state index contributed by atoms with van der Waals surface area (Å²) < 4.78 is 5.19. The van der Waals surface area contributed by atoms with Gasteiger partial charge in [0.15, 0.2) is 5.17 Å². The predicted octanol–water partition coefficient (Wildman–Crippen LogP) is 5.87. The zero-order chi connectivity index (χ0) is 22.3. The fourth-order valence-corrected chi connectivity index (χ4v) is 4.88. The third-order valence-electron chi connectivity index (χ3n) is 5.51. The molecule has 1 heterocycles. The third-order valence-corrected chi connectivity index (χ3v) is 6.75. The number of ether oxygens (including phenoxy) is 1. The highest BCUT2D eigenvalue weighted by Crippen LogP contribution is 2.33. The number of nitrogens with zero attached hydrogens (tertiary/aromatic N) is 3. The van der Waals surface area contributed by atoms with Crippen LogP contribution in [0.1, 0.15) is 37.3 Å². The van der Waals surface area contributed by atoms with Crippen molar-refractivity contribution < 1.29 is 9.53 Å². The molecular formula is C26H27N3O2S. The van der Waals surface area contributed by atoms with Crippen LogP contribution in [0.4, 0.5) is 0 Å². The molecule has 0 aliphatic carbocycles. The van der Waals surface area contributed by atoms with Crippen molar-refractivity contribution >= 4 is 39.8 Å². The SMILES string of the molecule is CCCC[C@@H]1S/C(=N\N=C/c2ccc(OC)cc2)N(Cc2cccc3ccccc23)C1=O. The van der Waals surface area contributed by atoms with Gasteiger partial charge in [-0.15, -0.1) is 5.10 Å². The Bertz CT molecular complexity index is 1140. The molecule has 0 N–H and O–H groups in total. The number of carbonyl (C=O) groups is 1. The predicted molar refractivity (Wildman–Crippen MR) is 133 cm³/mol. The van der Waals surface area contributed by atoms with E-state index in [1.165, 1.54) is 17.1 Å². The Kier molecular flexibility index (Phi) is 7.22. The van der Waals surface area contributed by atoms with E-state index in [1.807, 2.05) is 42.5 Å². The van der Waals surface area contributed by atoms with E-state index in [-0.39, 0.29) is 11.2 Å². The van der Waals surface area contributed by atoms with Crippen LogP contribution in [0, 0.1) is 0 Å². The van der Waals surface area contributed by atoms with Crippen LogP contribution < -0.4 is 4.74 Å². The highest BCUT2D eigenvalue weighted by molar-refractivity contribution is 8.15. The molecule has 4 rings (SSSR count). The molecule has 3 aromatic carbocycles. The molecule has 0 spiro atoms. The lowest BCUT2D eigenvalue weighted by molar-refractivity contribution is -0.126. The van der Waals surface area contributed by atoms with Gasteiger partial charge >= 0.3 is 0 Å². The molecule has 1 amide bonds. The van der Waals surface area contributed by atoms with Crippen LogP contribution in [-0.4, -0.2) is 34.5 Å². The number of unbranched alkanes of at least 4 members (excludes halogenated alkanes) is 1. The lowest BCUT2D eigenvalue weighted by Gasteiger charge is -2.17. The average Bonchev–Trinajstić information content (AvgIpc) is 3.12. The van der Waals surface area contributed by atoms with E-state index in [1.54, 1.807) is 18.2 Å². The molecule has 6 heteroatoms. The average molecular weight is 446 g/mol. The van der Waals surface area contributed by atoms with E-state index in [9.17, 15) is 4.79 Å². The number of fused-ring (bicyclic) bond motifs is 1. The fraction of sp³-hybridized carbons (Fsp3) is 0.269. The molecule has 3 aromatic rings. The van der Waals surface area contributed by atoms with E-state index in [0.717, 1.165) is 41.5 Å². The molecule has 1 atom stereocenters. The van der Waals surface area contributed by atoms with Gasteiger partial charge in [-0.3, -0.25) is 9.69 Å². The number of carbonyl (C=O) groups excluding carboxylic acids is 1. The molecule has 5 nitrogen and oxygen atoms in total. The van der Waals surface area contributed by atoms with Gasteiger partial charge in [0.2, 0.25) is 5.91 Å². The van der Waals surface area contributed by atoms with Crippen molar-refractivity contribution in [2.75, 3.05) is 7.11 Å². The summed E-state index contributed by atoms with van der Waals surface area (Å²) in [6, 6.07) is 22.1. The first-order valence-corrected chi connectivity index (χ1v) is 11.8. The Labute approximate surface area is 193 Å². The Morgan fingerprint density at radius 1 is 1.06 bits per heavy atom. The first-order chi connectivity index (χ1) is 15.7. The van der Waals surface area contributed by atoms with Crippen LogP contribution >= 0.6 is 11.8 Å². The molecule has 1 aliphatic rings. The van der Waals surface area contributed by atoms with E-state index in [4.69, 9.17) is 4.74 Å². The summed E-state index contributed by atoms with van der Waals surface area (Å²) in [7, 11) is 1.64. The second kappa shape index (κ2) is 10.5. The summed E-state index contributed by atoms with van der Waals surface area (Å²) >= 11 is 1.53. The smallest absolute Gasteiger partial charge is 0.242 e. The second-order valence-corrected chi connectivity index (χ2v) is 8.88. The number of rotatable bonds is 8. The maximum Gasteiger partial charge on any atom is 0.242 e. The lowest BCUT2D eigenvalue weighted by Crippen LogP contribution is -2.31. The number of thioether (sulfide) groups is 1. The van der Waals surface area contributed by atoms with Crippen molar-refractivity contribution in [3.8, 4) is 5.75 Å². The monoisotopic (exact) mass is 445 g/mol. The summed E-state index contributed by atoms with van der Waals surface area (Å²) in [6.07, 6.45) is 4.64. The minimum Gasteiger partial charge on any atom is -0.497 e. The van der Waals surface area contributed by atoms with Gasteiger partial charge in [0.1, 0.15) is 5.75 Å². The molecule has 1 saturated heterocycles. The molecule has 164 valence electrons. The van der Waals surface area contributed by atoms with Gasteiger partial charge in [0.05, 0.1) is 25.1 Å². The first-order valence-electron chi connectivity index (χ1n) is 10.9. The summed E-state index contributed by atoms with van der Waals surface area (Å²) in [5.41, 5.74) is 2.03. The molecule has 1 fully saturated rings. The standard InChI is InChI=1S/C26H27N3O2S/c1-3-4-12-24-25(30)29(18-21-10-7-9-20-8-5-6-11-23(20)21)26(32-24)28-27-17-19-13-15-22(31-2)16-14-19/h5-11,13-17,24H,3-4,12,18H2,1-2H3/b27-17-,28-26-/t24-/m0/s1. The Hall–Kier alpha value is -3.12. The normalized spacial score (nSPS) is 17.7. The van der Waals surface area contributed by atoms with Crippen LogP contribution in [-0.2, 0) is 11.3 Å². The maximum absolute atomic E-state index is 13.2. The molecule has 0 unspecified atom stereocenters. The van der Waals surface area contributed by atoms with E-state index in [0.29, 0.717) is 11.7 Å². The van der Waals surface area contributed by atoms with Crippen molar-refractivity contribution in [1.82, 2.24) is 4.90 Å². The first kappa shape index (κ1) is 22.1. The molecular weight excluding hydrogens is 418 g/mol. The zero-order valence-corrected chi connectivity index (χ0v) is 19.2. The van der Waals surface area contributed by atoms with Gasteiger partial charge in [-0.2, -0.15) is 5.10 Å². The summed E-state index contributed by atoms with van der Waals surface area (Å²) in [4.78, 5) is 15.0.